The number of hydrogen-bond acceptors (Lipinski definition) is 2. The summed E-state index contributed by atoms with van der Waals surface area (Å²) in [7, 11) is 2.13. The highest BCUT2D eigenvalue weighted by Gasteiger charge is 2.06. The van der Waals surface area contributed by atoms with Crippen LogP contribution in [0.3, 0.4) is 0 Å². The van der Waals surface area contributed by atoms with E-state index in [1.165, 1.54) is 11.3 Å². The lowest BCUT2D eigenvalue weighted by Crippen LogP contribution is -2.27. The van der Waals surface area contributed by atoms with Gasteiger partial charge in [0.25, 0.3) is 0 Å². The molecule has 14 heavy (non-hydrogen) atoms. The van der Waals surface area contributed by atoms with Gasteiger partial charge in [-0.15, -0.1) is 0 Å². The van der Waals surface area contributed by atoms with Gasteiger partial charge in [-0.25, -0.2) is 0 Å². The fourth-order valence-corrected chi connectivity index (χ4v) is 1.40. The van der Waals surface area contributed by atoms with Gasteiger partial charge in [0, 0.05) is 25.3 Å². The molecule has 2 heteroatoms. The van der Waals surface area contributed by atoms with E-state index in [0.717, 1.165) is 6.42 Å². The Morgan fingerprint density at radius 1 is 1.29 bits per heavy atom. The van der Waals surface area contributed by atoms with Crippen LogP contribution in [-0.2, 0) is 6.54 Å². The van der Waals surface area contributed by atoms with E-state index in [1.807, 2.05) is 0 Å². The van der Waals surface area contributed by atoms with Crippen LogP contribution < -0.4 is 10.6 Å². The highest BCUT2D eigenvalue weighted by atomic mass is 15.1. The molecular formula is C12H20N2. The smallest absolute Gasteiger partial charge is 0.0366 e. The first kappa shape index (κ1) is 11.1. The maximum Gasteiger partial charge on any atom is 0.0366 e. The molecule has 0 bridgehead atoms. The van der Waals surface area contributed by atoms with Crippen LogP contribution in [0.15, 0.2) is 24.3 Å². The summed E-state index contributed by atoms with van der Waals surface area (Å²) in [5, 5.41) is 0. The first-order valence-electron chi connectivity index (χ1n) is 5.20. The Kier molecular flexibility index (Phi) is 3.96. The van der Waals surface area contributed by atoms with Crippen molar-refractivity contribution in [1.29, 1.82) is 0 Å². The van der Waals surface area contributed by atoms with Gasteiger partial charge in [0.1, 0.15) is 0 Å². The summed E-state index contributed by atoms with van der Waals surface area (Å²) in [6.07, 6.45) is 1.16. The molecule has 0 saturated heterocycles. The van der Waals surface area contributed by atoms with E-state index in [2.05, 4.69) is 50.1 Å². The average Bonchev–Trinajstić information content (AvgIpc) is 2.27. The fraction of sp³-hybridized carbons (Fsp3) is 0.500. The molecule has 0 saturated carbocycles. The highest BCUT2D eigenvalue weighted by Crippen LogP contribution is 2.17. The van der Waals surface area contributed by atoms with Gasteiger partial charge in [-0.2, -0.15) is 0 Å². The molecule has 1 atom stereocenters. The third-order valence-corrected chi connectivity index (χ3v) is 2.83. The summed E-state index contributed by atoms with van der Waals surface area (Å²) in [6.45, 7) is 5.06. The molecule has 0 aliphatic heterocycles. The van der Waals surface area contributed by atoms with Crippen molar-refractivity contribution in [3.05, 3.63) is 29.8 Å². The standard InChI is InChI=1S/C12H20N2/c1-4-10(2)14(3)12-7-5-11(9-13)6-8-12/h5-8,10H,4,9,13H2,1-3H3. The predicted octanol–water partition coefficient (Wildman–Crippen LogP) is 2.38. The van der Waals surface area contributed by atoms with Crippen molar-refractivity contribution in [1.82, 2.24) is 0 Å². The van der Waals surface area contributed by atoms with Gasteiger partial charge in [0.15, 0.2) is 0 Å². The van der Waals surface area contributed by atoms with Crippen molar-refractivity contribution < 1.29 is 0 Å². The zero-order valence-electron chi connectivity index (χ0n) is 9.33. The van der Waals surface area contributed by atoms with Crippen molar-refractivity contribution >= 4 is 5.69 Å². The Bertz CT molecular complexity index is 266. The van der Waals surface area contributed by atoms with Crippen LogP contribution in [0.4, 0.5) is 5.69 Å². The molecular weight excluding hydrogens is 172 g/mol. The Hall–Kier alpha value is -1.02. The molecule has 1 rings (SSSR count). The summed E-state index contributed by atoms with van der Waals surface area (Å²) in [4.78, 5) is 2.29. The molecule has 2 nitrogen and oxygen atoms in total. The number of hydrogen-bond donors (Lipinski definition) is 1. The van der Waals surface area contributed by atoms with Crippen LogP contribution in [0, 0.1) is 0 Å². The first-order chi connectivity index (χ1) is 6.69. The SMILES string of the molecule is CCC(C)N(C)c1ccc(CN)cc1. The number of benzene rings is 1. The second kappa shape index (κ2) is 5.01. The lowest BCUT2D eigenvalue weighted by Gasteiger charge is -2.26. The van der Waals surface area contributed by atoms with Gasteiger partial charge in [-0.05, 0) is 31.0 Å². The van der Waals surface area contributed by atoms with Crippen LogP contribution in [-0.4, -0.2) is 13.1 Å². The first-order valence-corrected chi connectivity index (χ1v) is 5.20. The van der Waals surface area contributed by atoms with Crippen LogP contribution >= 0.6 is 0 Å². The molecule has 1 aromatic carbocycles. The maximum absolute atomic E-state index is 5.55. The molecule has 2 N–H and O–H groups in total. The maximum atomic E-state index is 5.55. The monoisotopic (exact) mass is 192 g/mol. The van der Waals surface area contributed by atoms with E-state index in [9.17, 15) is 0 Å². The summed E-state index contributed by atoms with van der Waals surface area (Å²) >= 11 is 0. The molecule has 1 unspecified atom stereocenters. The van der Waals surface area contributed by atoms with Crippen molar-refractivity contribution in [3.8, 4) is 0 Å². The largest absolute Gasteiger partial charge is 0.372 e. The Balaban J connectivity index is 2.75. The van der Waals surface area contributed by atoms with Crippen molar-refractivity contribution in [2.75, 3.05) is 11.9 Å². The summed E-state index contributed by atoms with van der Waals surface area (Å²) in [5.41, 5.74) is 8.00. The van der Waals surface area contributed by atoms with Gasteiger partial charge in [-0.3, -0.25) is 0 Å². The van der Waals surface area contributed by atoms with E-state index in [1.54, 1.807) is 0 Å². The van der Waals surface area contributed by atoms with Crippen LogP contribution in [0.2, 0.25) is 0 Å². The van der Waals surface area contributed by atoms with Gasteiger partial charge in [0.2, 0.25) is 0 Å². The van der Waals surface area contributed by atoms with E-state index in [-0.39, 0.29) is 0 Å². The molecule has 0 spiro atoms. The molecule has 0 fully saturated rings. The number of anilines is 1. The van der Waals surface area contributed by atoms with Gasteiger partial charge >= 0.3 is 0 Å². The molecule has 0 aliphatic rings. The van der Waals surface area contributed by atoms with E-state index in [4.69, 9.17) is 5.73 Å². The minimum atomic E-state index is 0.582. The quantitative estimate of drug-likeness (QED) is 0.793. The number of nitrogens with two attached hydrogens (primary N) is 1. The second-order valence-electron chi connectivity index (χ2n) is 3.74. The summed E-state index contributed by atoms with van der Waals surface area (Å²) in [5.74, 6) is 0. The van der Waals surface area contributed by atoms with Crippen molar-refractivity contribution in [2.45, 2.75) is 32.9 Å². The predicted molar refractivity (Wildman–Crippen MR) is 62.5 cm³/mol. The van der Waals surface area contributed by atoms with Crippen LogP contribution in [0.25, 0.3) is 0 Å². The molecule has 0 aromatic heterocycles. The van der Waals surface area contributed by atoms with Crippen LogP contribution in [0.1, 0.15) is 25.8 Å². The summed E-state index contributed by atoms with van der Waals surface area (Å²) < 4.78 is 0. The number of rotatable bonds is 4. The van der Waals surface area contributed by atoms with E-state index in [0.29, 0.717) is 12.6 Å². The lowest BCUT2D eigenvalue weighted by atomic mass is 10.1. The van der Waals surface area contributed by atoms with Gasteiger partial charge < -0.3 is 10.6 Å². The molecule has 0 radical (unpaired) electrons. The zero-order valence-corrected chi connectivity index (χ0v) is 9.33. The second-order valence-corrected chi connectivity index (χ2v) is 3.74. The minimum absolute atomic E-state index is 0.582. The minimum Gasteiger partial charge on any atom is -0.372 e. The summed E-state index contributed by atoms with van der Waals surface area (Å²) in [6, 6.07) is 9.03. The lowest BCUT2D eigenvalue weighted by molar-refractivity contribution is 0.664. The average molecular weight is 192 g/mol. The van der Waals surface area contributed by atoms with E-state index < -0.39 is 0 Å². The van der Waals surface area contributed by atoms with E-state index >= 15 is 0 Å². The van der Waals surface area contributed by atoms with Crippen molar-refractivity contribution in [2.24, 2.45) is 5.73 Å². The Morgan fingerprint density at radius 3 is 2.29 bits per heavy atom. The topological polar surface area (TPSA) is 29.3 Å². The fourth-order valence-electron chi connectivity index (χ4n) is 1.40. The number of nitrogens with zero attached hydrogens (tertiary/aromatic N) is 1. The molecule has 1 aromatic rings. The third kappa shape index (κ3) is 2.48. The molecule has 0 aliphatic carbocycles. The Morgan fingerprint density at radius 2 is 1.86 bits per heavy atom. The molecule has 0 amide bonds. The Labute approximate surface area is 86.7 Å². The van der Waals surface area contributed by atoms with Crippen molar-refractivity contribution in [3.63, 3.8) is 0 Å². The van der Waals surface area contributed by atoms with Gasteiger partial charge in [-0.1, -0.05) is 19.1 Å². The normalized spacial score (nSPS) is 12.6. The zero-order chi connectivity index (χ0) is 10.6. The third-order valence-electron chi connectivity index (χ3n) is 2.83. The highest BCUT2D eigenvalue weighted by molar-refractivity contribution is 5.47. The van der Waals surface area contributed by atoms with Crippen LogP contribution in [0.5, 0.6) is 0 Å². The molecule has 78 valence electrons. The van der Waals surface area contributed by atoms with Gasteiger partial charge in [0.05, 0.1) is 0 Å². The molecule has 0 heterocycles.